The predicted molar refractivity (Wildman–Crippen MR) is 81.0 cm³/mol. The molecule has 0 fully saturated rings. The van der Waals surface area contributed by atoms with Gasteiger partial charge in [0.2, 0.25) is 0 Å². The summed E-state index contributed by atoms with van der Waals surface area (Å²) < 4.78 is 5.75. The number of rotatable bonds is 9. The van der Waals surface area contributed by atoms with E-state index in [0.29, 0.717) is 5.41 Å². The standard InChI is InChI=1S/C16H35NO/c1-8-16(7,13-17-15(4,5)6)10-12-18-11-9-14(2)3/h14,17H,8-13H2,1-7H3. The van der Waals surface area contributed by atoms with Crippen molar-refractivity contribution in [1.82, 2.24) is 5.32 Å². The maximum atomic E-state index is 5.75. The van der Waals surface area contributed by atoms with E-state index in [1.807, 2.05) is 0 Å². The summed E-state index contributed by atoms with van der Waals surface area (Å²) in [5.74, 6) is 0.741. The van der Waals surface area contributed by atoms with Crippen LogP contribution in [0.2, 0.25) is 0 Å². The van der Waals surface area contributed by atoms with Crippen molar-refractivity contribution in [1.29, 1.82) is 0 Å². The topological polar surface area (TPSA) is 21.3 Å². The van der Waals surface area contributed by atoms with Crippen molar-refractivity contribution in [2.75, 3.05) is 19.8 Å². The maximum absolute atomic E-state index is 5.75. The molecule has 0 aliphatic carbocycles. The number of nitrogens with one attached hydrogen (secondary N) is 1. The SMILES string of the molecule is CCC(C)(CCOCCC(C)C)CNC(C)(C)C. The monoisotopic (exact) mass is 257 g/mol. The first kappa shape index (κ1) is 17.9. The Balaban J connectivity index is 3.86. The van der Waals surface area contributed by atoms with E-state index in [-0.39, 0.29) is 5.54 Å². The molecular formula is C16H35NO. The average Bonchev–Trinajstić information content (AvgIpc) is 2.25. The number of ether oxygens (including phenoxy) is 1. The van der Waals surface area contributed by atoms with Crippen molar-refractivity contribution in [3.05, 3.63) is 0 Å². The van der Waals surface area contributed by atoms with Crippen molar-refractivity contribution >= 4 is 0 Å². The zero-order valence-corrected chi connectivity index (χ0v) is 13.7. The lowest BCUT2D eigenvalue weighted by atomic mass is 9.83. The summed E-state index contributed by atoms with van der Waals surface area (Å²) >= 11 is 0. The number of hydrogen-bond acceptors (Lipinski definition) is 2. The third-order valence-electron chi connectivity index (χ3n) is 3.59. The Hall–Kier alpha value is -0.0800. The lowest BCUT2D eigenvalue weighted by molar-refractivity contribution is 0.0870. The summed E-state index contributed by atoms with van der Waals surface area (Å²) in [4.78, 5) is 0. The maximum Gasteiger partial charge on any atom is 0.0471 e. The Morgan fingerprint density at radius 3 is 2.11 bits per heavy atom. The highest BCUT2D eigenvalue weighted by Gasteiger charge is 2.23. The van der Waals surface area contributed by atoms with E-state index in [1.165, 1.54) is 12.8 Å². The van der Waals surface area contributed by atoms with Gasteiger partial charge in [0.15, 0.2) is 0 Å². The van der Waals surface area contributed by atoms with Gasteiger partial charge in [0.25, 0.3) is 0 Å². The van der Waals surface area contributed by atoms with Gasteiger partial charge in [0, 0.05) is 25.3 Å². The van der Waals surface area contributed by atoms with E-state index in [4.69, 9.17) is 4.74 Å². The first-order chi connectivity index (χ1) is 8.18. The molecular weight excluding hydrogens is 222 g/mol. The molecule has 110 valence electrons. The van der Waals surface area contributed by atoms with Crippen LogP contribution in [-0.4, -0.2) is 25.3 Å². The summed E-state index contributed by atoms with van der Waals surface area (Å²) in [5.41, 5.74) is 0.556. The molecule has 0 saturated heterocycles. The van der Waals surface area contributed by atoms with Gasteiger partial charge in [-0.05, 0) is 51.4 Å². The molecule has 1 atom stereocenters. The van der Waals surface area contributed by atoms with E-state index in [0.717, 1.165) is 32.1 Å². The van der Waals surface area contributed by atoms with Gasteiger partial charge in [-0.2, -0.15) is 0 Å². The van der Waals surface area contributed by atoms with Crippen molar-refractivity contribution in [3.63, 3.8) is 0 Å². The summed E-state index contributed by atoms with van der Waals surface area (Å²) in [5, 5.41) is 3.62. The van der Waals surface area contributed by atoms with Crippen LogP contribution in [0.5, 0.6) is 0 Å². The van der Waals surface area contributed by atoms with Gasteiger partial charge < -0.3 is 10.1 Å². The van der Waals surface area contributed by atoms with E-state index in [2.05, 4.69) is 53.8 Å². The molecule has 0 aromatic rings. The van der Waals surface area contributed by atoms with Crippen LogP contribution in [0, 0.1) is 11.3 Å². The van der Waals surface area contributed by atoms with Crippen LogP contribution in [0.15, 0.2) is 0 Å². The first-order valence-corrected chi connectivity index (χ1v) is 7.51. The van der Waals surface area contributed by atoms with Gasteiger partial charge in [0.1, 0.15) is 0 Å². The molecule has 0 aliphatic heterocycles. The molecule has 2 heteroatoms. The van der Waals surface area contributed by atoms with Crippen LogP contribution in [0.1, 0.15) is 67.7 Å². The van der Waals surface area contributed by atoms with Gasteiger partial charge in [-0.25, -0.2) is 0 Å². The molecule has 0 amide bonds. The Kier molecular flexibility index (Phi) is 8.13. The van der Waals surface area contributed by atoms with E-state index in [1.54, 1.807) is 0 Å². The predicted octanol–water partition coefficient (Wildman–Crippen LogP) is 4.24. The van der Waals surface area contributed by atoms with E-state index in [9.17, 15) is 0 Å². The largest absolute Gasteiger partial charge is 0.381 e. The lowest BCUT2D eigenvalue weighted by Crippen LogP contribution is -2.43. The molecule has 0 spiro atoms. The third kappa shape index (κ3) is 9.90. The summed E-state index contributed by atoms with van der Waals surface area (Å²) in [6.45, 7) is 18.7. The molecule has 0 aromatic heterocycles. The molecule has 18 heavy (non-hydrogen) atoms. The fourth-order valence-corrected chi connectivity index (χ4v) is 1.61. The van der Waals surface area contributed by atoms with Crippen molar-refractivity contribution in [3.8, 4) is 0 Å². The molecule has 2 nitrogen and oxygen atoms in total. The van der Waals surface area contributed by atoms with Crippen molar-refractivity contribution < 1.29 is 4.74 Å². The van der Waals surface area contributed by atoms with Crippen LogP contribution >= 0.6 is 0 Å². The second kappa shape index (κ2) is 8.16. The fraction of sp³-hybridized carbons (Fsp3) is 1.00. The average molecular weight is 257 g/mol. The first-order valence-electron chi connectivity index (χ1n) is 7.51. The zero-order valence-electron chi connectivity index (χ0n) is 13.7. The Labute approximate surface area is 115 Å². The lowest BCUT2D eigenvalue weighted by Gasteiger charge is -2.33. The second-order valence-electron chi connectivity index (χ2n) is 7.31. The van der Waals surface area contributed by atoms with Crippen LogP contribution in [0.4, 0.5) is 0 Å². The van der Waals surface area contributed by atoms with Crippen LogP contribution in [-0.2, 0) is 4.74 Å². The molecule has 1 N–H and O–H groups in total. The minimum absolute atomic E-state index is 0.203. The Bertz CT molecular complexity index is 208. The van der Waals surface area contributed by atoms with Crippen LogP contribution in [0.25, 0.3) is 0 Å². The van der Waals surface area contributed by atoms with Crippen molar-refractivity contribution in [2.24, 2.45) is 11.3 Å². The molecule has 0 rings (SSSR count). The van der Waals surface area contributed by atoms with Crippen LogP contribution < -0.4 is 5.32 Å². The number of hydrogen-bond donors (Lipinski definition) is 1. The van der Waals surface area contributed by atoms with Crippen LogP contribution in [0.3, 0.4) is 0 Å². The zero-order chi connectivity index (χ0) is 14.2. The normalized spacial score (nSPS) is 16.0. The smallest absolute Gasteiger partial charge is 0.0471 e. The minimum Gasteiger partial charge on any atom is -0.381 e. The summed E-state index contributed by atoms with van der Waals surface area (Å²) in [7, 11) is 0. The molecule has 0 bridgehead atoms. The Morgan fingerprint density at radius 2 is 1.67 bits per heavy atom. The minimum atomic E-state index is 0.203. The molecule has 0 heterocycles. The van der Waals surface area contributed by atoms with E-state index >= 15 is 0 Å². The highest BCUT2D eigenvalue weighted by Crippen LogP contribution is 2.25. The van der Waals surface area contributed by atoms with Crippen molar-refractivity contribution in [2.45, 2.75) is 73.3 Å². The third-order valence-corrected chi connectivity index (χ3v) is 3.59. The molecule has 0 radical (unpaired) electrons. The quantitative estimate of drug-likeness (QED) is 0.624. The highest BCUT2D eigenvalue weighted by atomic mass is 16.5. The molecule has 0 aromatic carbocycles. The van der Waals surface area contributed by atoms with Gasteiger partial charge in [-0.3, -0.25) is 0 Å². The van der Waals surface area contributed by atoms with Gasteiger partial charge in [-0.15, -0.1) is 0 Å². The highest BCUT2D eigenvalue weighted by molar-refractivity contribution is 4.80. The molecule has 0 aliphatic rings. The second-order valence-corrected chi connectivity index (χ2v) is 7.31. The van der Waals surface area contributed by atoms with Gasteiger partial charge in [0.05, 0.1) is 0 Å². The summed E-state index contributed by atoms with van der Waals surface area (Å²) in [6.07, 6.45) is 3.51. The summed E-state index contributed by atoms with van der Waals surface area (Å²) in [6, 6.07) is 0. The van der Waals surface area contributed by atoms with Gasteiger partial charge >= 0.3 is 0 Å². The Morgan fingerprint density at radius 1 is 1.06 bits per heavy atom. The molecule has 0 saturated carbocycles. The van der Waals surface area contributed by atoms with Gasteiger partial charge in [-0.1, -0.05) is 27.7 Å². The fourth-order valence-electron chi connectivity index (χ4n) is 1.61. The molecule has 1 unspecified atom stereocenters. The van der Waals surface area contributed by atoms with E-state index < -0.39 is 0 Å².